The first-order chi connectivity index (χ1) is 11.5. The number of fused-ring (bicyclic) bond motifs is 1. The predicted molar refractivity (Wildman–Crippen MR) is 78.4 cm³/mol. The Morgan fingerprint density at radius 2 is 1.68 bits per heavy atom. The molecule has 0 amide bonds. The van der Waals surface area contributed by atoms with Crippen molar-refractivity contribution in [1.82, 2.24) is 14.4 Å². The average molecular weight is 400 g/mol. The van der Waals surface area contributed by atoms with E-state index in [1.807, 2.05) is 0 Å². The molecule has 11 heteroatoms. The Bertz CT molecular complexity index is 962. The molecule has 0 spiro atoms. The lowest BCUT2D eigenvalue weighted by Gasteiger charge is -2.13. The third-order valence-electron chi connectivity index (χ3n) is 3.34. The maximum absolute atomic E-state index is 13.2. The zero-order valence-corrected chi connectivity index (χ0v) is 13.3. The van der Waals surface area contributed by atoms with Crippen molar-refractivity contribution in [2.24, 2.45) is 0 Å². The molecule has 0 radical (unpaired) electrons. The van der Waals surface area contributed by atoms with Gasteiger partial charge in [0.1, 0.15) is 11.3 Å². The van der Waals surface area contributed by atoms with E-state index in [0.717, 1.165) is 16.8 Å². The van der Waals surface area contributed by atoms with Gasteiger partial charge in [0, 0.05) is 24.2 Å². The summed E-state index contributed by atoms with van der Waals surface area (Å²) in [6, 6.07) is 1.32. The van der Waals surface area contributed by atoms with Gasteiger partial charge >= 0.3 is 12.4 Å². The molecule has 3 rings (SSSR count). The van der Waals surface area contributed by atoms with Crippen LogP contribution >= 0.6 is 23.2 Å². The zero-order chi connectivity index (χ0) is 18.6. The third kappa shape index (κ3) is 3.13. The molecule has 3 heterocycles. The fourth-order valence-corrected chi connectivity index (χ4v) is 2.91. The lowest BCUT2D eigenvalue weighted by atomic mass is 10.1. The van der Waals surface area contributed by atoms with Gasteiger partial charge in [0.25, 0.3) is 0 Å². The Morgan fingerprint density at radius 3 is 2.28 bits per heavy atom. The molecule has 3 aromatic rings. The van der Waals surface area contributed by atoms with Gasteiger partial charge in [-0.15, -0.1) is 0 Å². The highest BCUT2D eigenvalue weighted by atomic mass is 35.5. The molecule has 0 bridgehead atoms. The zero-order valence-electron chi connectivity index (χ0n) is 11.8. The van der Waals surface area contributed by atoms with Crippen molar-refractivity contribution in [3.63, 3.8) is 0 Å². The van der Waals surface area contributed by atoms with Crippen LogP contribution in [0.5, 0.6) is 0 Å². The van der Waals surface area contributed by atoms with Gasteiger partial charge in [-0.3, -0.25) is 9.38 Å². The van der Waals surface area contributed by atoms with E-state index in [-0.39, 0.29) is 10.7 Å². The summed E-state index contributed by atoms with van der Waals surface area (Å²) in [7, 11) is 0. The highest BCUT2D eigenvalue weighted by molar-refractivity contribution is 6.39. The molecule has 0 aliphatic carbocycles. The van der Waals surface area contributed by atoms with Crippen molar-refractivity contribution in [3.8, 4) is 11.4 Å². The van der Waals surface area contributed by atoms with Crippen molar-refractivity contribution in [3.05, 3.63) is 52.0 Å². The standard InChI is InChI=1S/C14H5Cl2F6N3/c15-9-3-6(13(17,18)19)5-25-10(9)11(16)24-12(25)7-4-23-2-1-8(7)14(20,21)22/h1-5H. The number of nitrogens with zero attached hydrogens (tertiary/aromatic N) is 3. The molecule has 0 aliphatic rings. The van der Waals surface area contributed by atoms with Crippen LogP contribution in [0.2, 0.25) is 10.2 Å². The average Bonchev–Trinajstić information content (AvgIpc) is 2.83. The quantitative estimate of drug-likeness (QED) is 0.488. The van der Waals surface area contributed by atoms with E-state index in [1.165, 1.54) is 0 Å². The van der Waals surface area contributed by atoms with Crippen LogP contribution in [0.25, 0.3) is 16.9 Å². The number of pyridine rings is 2. The molecule has 0 atom stereocenters. The lowest BCUT2D eigenvalue weighted by Crippen LogP contribution is -2.10. The predicted octanol–water partition coefficient (Wildman–Crippen LogP) is 5.74. The Hall–Kier alpha value is -2.00. The molecule has 0 unspecified atom stereocenters. The van der Waals surface area contributed by atoms with Crippen LogP contribution in [0.1, 0.15) is 11.1 Å². The van der Waals surface area contributed by atoms with Crippen LogP contribution in [-0.4, -0.2) is 14.4 Å². The lowest BCUT2D eigenvalue weighted by molar-refractivity contribution is -0.138. The normalized spacial score (nSPS) is 12.8. The molecule has 0 N–H and O–H groups in total. The van der Waals surface area contributed by atoms with Crippen molar-refractivity contribution < 1.29 is 26.3 Å². The number of halogens is 8. The van der Waals surface area contributed by atoms with Crippen LogP contribution in [0, 0.1) is 0 Å². The van der Waals surface area contributed by atoms with Crippen LogP contribution in [0.3, 0.4) is 0 Å². The van der Waals surface area contributed by atoms with Crippen molar-refractivity contribution in [2.45, 2.75) is 12.4 Å². The van der Waals surface area contributed by atoms with Gasteiger partial charge in [-0.1, -0.05) is 23.2 Å². The van der Waals surface area contributed by atoms with E-state index < -0.39 is 39.9 Å². The summed E-state index contributed by atoms with van der Waals surface area (Å²) in [6.07, 6.45) is -7.17. The van der Waals surface area contributed by atoms with Crippen LogP contribution in [0.15, 0.2) is 30.7 Å². The Morgan fingerprint density at radius 1 is 1.00 bits per heavy atom. The Kier molecular flexibility index (Phi) is 4.11. The SMILES string of the molecule is FC(F)(F)c1cc(Cl)c2c(Cl)nc(-c3cnccc3C(F)(F)F)n2c1. The Labute approximate surface area is 145 Å². The molecular formula is C14H5Cl2F6N3. The van der Waals surface area contributed by atoms with Gasteiger partial charge in [-0.2, -0.15) is 26.3 Å². The molecule has 132 valence electrons. The molecule has 0 fully saturated rings. The summed E-state index contributed by atoms with van der Waals surface area (Å²) in [5.74, 6) is -0.451. The smallest absolute Gasteiger partial charge is 0.296 e. The van der Waals surface area contributed by atoms with Crippen LogP contribution < -0.4 is 0 Å². The Balaban J connectivity index is 2.38. The molecule has 0 saturated heterocycles. The van der Waals surface area contributed by atoms with Gasteiger partial charge < -0.3 is 0 Å². The fraction of sp³-hybridized carbons (Fsp3) is 0.143. The number of aromatic nitrogens is 3. The number of alkyl halides is 6. The fourth-order valence-electron chi connectivity index (χ4n) is 2.29. The van der Waals surface area contributed by atoms with Crippen molar-refractivity contribution >= 4 is 28.7 Å². The maximum Gasteiger partial charge on any atom is 0.417 e. The molecule has 0 saturated carbocycles. The summed E-state index contributed by atoms with van der Waals surface area (Å²) in [6.45, 7) is 0. The minimum Gasteiger partial charge on any atom is -0.296 e. The third-order valence-corrected chi connectivity index (χ3v) is 3.89. The van der Waals surface area contributed by atoms with E-state index in [1.54, 1.807) is 0 Å². The second-order valence-corrected chi connectivity index (χ2v) is 5.70. The number of rotatable bonds is 1. The van der Waals surface area contributed by atoms with E-state index in [4.69, 9.17) is 23.2 Å². The topological polar surface area (TPSA) is 30.2 Å². The summed E-state index contributed by atoms with van der Waals surface area (Å²) >= 11 is 11.7. The molecule has 25 heavy (non-hydrogen) atoms. The summed E-state index contributed by atoms with van der Waals surface area (Å²) < 4.78 is 79.3. The van der Waals surface area contributed by atoms with Gasteiger partial charge in [0.2, 0.25) is 0 Å². The van der Waals surface area contributed by atoms with Crippen molar-refractivity contribution in [2.75, 3.05) is 0 Å². The van der Waals surface area contributed by atoms with Crippen LogP contribution in [0.4, 0.5) is 26.3 Å². The van der Waals surface area contributed by atoms with Crippen molar-refractivity contribution in [1.29, 1.82) is 0 Å². The maximum atomic E-state index is 13.2. The van der Waals surface area contributed by atoms with E-state index in [0.29, 0.717) is 18.3 Å². The van der Waals surface area contributed by atoms with E-state index >= 15 is 0 Å². The van der Waals surface area contributed by atoms with E-state index in [2.05, 4.69) is 9.97 Å². The highest BCUT2D eigenvalue weighted by Gasteiger charge is 2.36. The van der Waals surface area contributed by atoms with Gasteiger partial charge in [-0.05, 0) is 12.1 Å². The van der Waals surface area contributed by atoms with Gasteiger partial charge in [0.15, 0.2) is 5.15 Å². The second kappa shape index (κ2) is 5.77. The monoisotopic (exact) mass is 399 g/mol. The molecule has 3 nitrogen and oxygen atoms in total. The molecule has 0 aliphatic heterocycles. The number of hydrogen-bond donors (Lipinski definition) is 0. The number of imidazole rings is 1. The summed E-state index contributed by atoms with van der Waals surface area (Å²) in [4.78, 5) is 7.35. The first-order valence-electron chi connectivity index (χ1n) is 6.46. The summed E-state index contributed by atoms with van der Waals surface area (Å²) in [5.41, 5.74) is -2.92. The van der Waals surface area contributed by atoms with E-state index in [9.17, 15) is 26.3 Å². The summed E-state index contributed by atoms with van der Waals surface area (Å²) in [5, 5.41) is -0.721. The van der Waals surface area contributed by atoms with Gasteiger partial charge in [-0.25, -0.2) is 4.98 Å². The number of hydrogen-bond acceptors (Lipinski definition) is 2. The van der Waals surface area contributed by atoms with Crippen LogP contribution in [-0.2, 0) is 12.4 Å². The molecule has 3 aromatic heterocycles. The minimum absolute atomic E-state index is 0.136. The molecular weight excluding hydrogens is 395 g/mol. The molecule has 0 aromatic carbocycles. The first-order valence-corrected chi connectivity index (χ1v) is 7.21. The first kappa shape index (κ1) is 17.8. The largest absolute Gasteiger partial charge is 0.417 e. The second-order valence-electron chi connectivity index (χ2n) is 4.94. The minimum atomic E-state index is -4.76. The highest BCUT2D eigenvalue weighted by Crippen LogP contribution is 2.40. The van der Waals surface area contributed by atoms with Gasteiger partial charge in [0.05, 0.1) is 16.1 Å².